The molecule has 1 amide bonds. The predicted molar refractivity (Wildman–Crippen MR) is 96.6 cm³/mol. The normalized spacial score (nSPS) is 14.3. The van der Waals surface area contributed by atoms with Crippen LogP contribution in [-0.2, 0) is 11.2 Å². The summed E-state index contributed by atoms with van der Waals surface area (Å²) in [4.78, 5) is 22.8. The van der Waals surface area contributed by atoms with E-state index in [1.165, 1.54) is 0 Å². The first-order chi connectivity index (χ1) is 12.3. The number of morpholine rings is 1. The molecule has 1 aliphatic heterocycles. The Labute approximate surface area is 148 Å². The first-order valence-corrected chi connectivity index (χ1v) is 8.80. The molecule has 0 aromatic carbocycles. The first kappa shape index (κ1) is 17.4. The molecule has 0 unspecified atom stereocenters. The summed E-state index contributed by atoms with van der Waals surface area (Å²) < 4.78 is 5.29. The molecular formula is C19H24N4O2. The van der Waals surface area contributed by atoms with E-state index >= 15 is 0 Å². The quantitative estimate of drug-likeness (QED) is 0.784. The molecule has 2 aromatic heterocycles. The van der Waals surface area contributed by atoms with Gasteiger partial charge in [-0.2, -0.15) is 0 Å². The molecule has 1 fully saturated rings. The number of amides is 1. The van der Waals surface area contributed by atoms with Crippen LogP contribution in [0.1, 0.15) is 29.0 Å². The summed E-state index contributed by atoms with van der Waals surface area (Å²) >= 11 is 0. The number of nitrogens with one attached hydrogen (secondary N) is 1. The lowest BCUT2D eigenvalue weighted by atomic mass is 10.2. The monoisotopic (exact) mass is 340 g/mol. The zero-order chi connectivity index (χ0) is 17.3. The topological polar surface area (TPSA) is 67.4 Å². The fraction of sp³-hybridized carbons (Fsp3) is 0.421. The van der Waals surface area contributed by atoms with Gasteiger partial charge >= 0.3 is 0 Å². The number of aromatic nitrogens is 2. The molecule has 0 aliphatic carbocycles. The van der Waals surface area contributed by atoms with Crippen molar-refractivity contribution in [2.45, 2.75) is 19.3 Å². The highest BCUT2D eigenvalue weighted by Gasteiger charge is 2.19. The van der Waals surface area contributed by atoms with Crippen molar-refractivity contribution >= 4 is 11.6 Å². The fourth-order valence-electron chi connectivity index (χ4n) is 2.80. The predicted octanol–water partition coefficient (Wildman–Crippen LogP) is 2.38. The van der Waals surface area contributed by atoms with E-state index in [0.717, 1.165) is 37.2 Å². The third-order valence-corrected chi connectivity index (χ3v) is 4.19. The Balaban J connectivity index is 1.44. The molecule has 6 heteroatoms. The van der Waals surface area contributed by atoms with Crippen LogP contribution >= 0.6 is 0 Å². The Kier molecular flexibility index (Phi) is 6.34. The van der Waals surface area contributed by atoms with Crippen molar-refractivity contribution in [1.29, 1.82) is 0 Å². The van der Waals surface area contributed by atoms with Gasteiger partial charge in [-0.05, 0) is 43.5 Å². The van der Waals surface area contributed by atoms with Crippen molar-refractivity contribution in [1.82, 2.24) is 14.9 Å². The van der Waals surface area contributed by atoms with Gasteiger partial charge in [0.1, 0.15) is 5.69 Å². The Morgan fingerprint density at radius 2 is 2.00 bits per heavy atom. The van der Waals surface area contributed by atoms with Crippen molar-refractivity contribution in [3.63, 3.8) is 0 Å². The summed E-state index contributed by atoms with van der Waals surface area (Å²) in [6, 6.07) is 9.74. The largest absolute Gasteiger partial charge is 0.385 e. The van der Waals surface area contributed by atoms with E-state index in [2.05, 4.69) is 21.4 Å². The number of hydrogen-bond donors (Lipinski definition) is 1. The summed E-state index contributed by atoms with van der Waals surface area (Å²) in [5.74, 6) is -0.0258. The van der Waals surface area contributed by atoms with E-state index < -0.39 is 0 Å². The minimum atomic E-state index is -0.0258. The molecule has 0 saturated carbocycles. The van der Waals surface area contributed by atoms with Crippen molar-refractivity contribution in [3.05, 3.63) is 54.1 Å². The number of carbonyl (C=O) groups is 1. The zero-order valence-corrected chi connectivity index (χ0v) is 14.4. The maximum Gasteiger partial charge on any atom is 0.272 e. The zero-order valence-electron chi connectivity index (χ0n) is 14.4. The number of carbonyl (C=O) groups excluding carboxylic acids is 1. The maximum atomic E-state index is 12.5. The Bertz CT molecular complexity index is 672. The second-order valence-corrected chi connectivity index (χ2v) is 6.04. The van der Waals surface area contributed by atoms with Gasteiger partial charge in [-0.3, -0.25) is 14.8 Å². The second kappa shape index (κ2) is 9.13. The van der Waals surface area contributed by atoms with Gasteiger partial charge in [0.15, 0.2) is 0 Å². The smallest absolute Gasteiger partial charge is 0.272 e. The average Bonchev–Trinajstić information content (AvgIpc) is 2.69. The molecule has 132 valence electrons. The highest BCUT2D eigenvalue weighted by atomic mass is 16.5. The summed E-state index contributed by atoms with van der Waals surface area (Å²) in [6.45, 7) is 3.32. The number of ether oxygens (including phenoxy) is 1. The molecule has 1 saturated heterocycles. The second-order valence-electron chi connectivity index (χ2n) is 6.04. The van der Waals surface area contributed by atoms with Crippen molar-refractivity contribution in [3.8, 4) is 0 Å². The lowest BCUT2D eigenvalue weighted by Crippen LogP contribution is -2.41. The Morgan fingerprint density at radius 1 is 1.12 bits per heavy atom. The molecule has 25 heavy (non-hydrogen) atoms. The summed E-state index contributed by atoms with van der Waals surface area (Å²) in [5.41, 5.74) is 2.55. The molecule has 0 radical (unpaired) electrons. The highest BCUT2D eigenvalue weighted by Crippen LogP contribution is 2.12. The van der Waals surface area contributed by atoms with E-state index in [1.54, 1.807) is 11.1 Å². The molecule has 1 N–H and O–H groups in total. The number of unbranched alkanes of at least 4 members (excludes halogenated alkanes) is 1. The van der Waals surface area contributed by atoms with Gasteiger partial charge in [-0.15, -0.1) is 0 Å². The fourth-order valence-corrected chi connectivity index (χ4v) is 2.80. The summed E-state index contributed by atoms with van der Waals surface area (Å²) in [5, 5.41) is 3.37. The maximum absolute atomic E-state index is 12.5. The van der Waals surface area contributed by atoms with Crippen molar-refractivity contribution < 1.29 is 9.53 Å². The lowest BCUT2D eigenvalue weighted by Gasteiger charge is -2.26. The Morgan fingerprint density at radius 3 is 2.80 bits per heavy atom. The molecule has 3 heterocycles. The molecule has 2 aromatic rings. The van der Waals surface area contributed by atoms with Crippen LogP contribution in [0, 0.1) is 0 Å². The molecule has 0 atom stereocenters. The van der Waals surface area contributed by atoms with Gasteiger partial charge in [0.25, 0.3) is 5.91 Å². The van der Waals surface area contributed by atoms with Crippen molar-refractivity contribution in [2.24, 2.45) is 0 Å². The van der Waals surface area contributed by atoms with Crippen LogP contribution in [0.5, 0.6) is 0 Å². The van der Waals surface area contributed by atoms with Gasteiger partial charge in [0, 0.05) is 43.4 Å². The first-order valence-electron chi connectivity index (χ1n) is 8.80. The third kappa shape index (κ3) is 5.26. The van der Waals surface area contributed by atoms with Crippen LogP contribution in [0.2, 0.25) is 0 Å². The van der Waals surface area contributed by atoms with E-state index in [4.69, 9.17) is 4.74 Å². The average molecular weight is 340 g/mol. The number of rotatable bonds is 7. The van der Waals surface area contributed by atoms with E-state index in [1.807, 2.05) is 30.5 Å². The van der Waals surface area contributed by atoms with Crippen LogP contribution < -0.4 is 5.32 Å². The third-order valence-electron chi connectivity index (χ3n) is 4.19. The molecule has 0 bridgehead atoms. The number of hydrogen-bond acceptors (Lipinski definition) is 5. The standard InChI is InChI=1S/C19H24N4O2/c24-19(23-11-13-25-14-12-23)18-15-17(7-10-22-18)21-9-4-2-6-16-5-1-3-8-20-16/h1,3,5,7-8,10,15H,2,4,6,9,11-14H2,(H,21,22). The van der Waals surface area contributed by atoms with Crippen LogP contribution in [0.4, 0.5) is 5.69 Å². The van der Waals surface area contributed by atoms with Gasteiger partial charge < -0.3 is 15.0 Å². The number of anilines is 1. The lowest BCUT2D eigenvalue weighted by molar-refractivity contribution is 0.0299. The van der Waals surface area contributed by atoms with Crippen molar-refractivity contribution in [2.75, 3.05) is 38.2 Å². The number of aryl methyl sites for hydroxylation is 1. The van der Waals surface area contributed by atoms with Gasteiger partial charge in [-0.1, -0.05) is 6.07 Å². The van der Waals surface area contributed by atoms with Crippen LogP contribution in [-0.4, -0.2) is 53.6 Å². The Hall–Kier alpha value is -2.47. The van der Waals surface area contributed by atoms with Gasteiger partial charge in [0.2, 0.25) is 0 Å². The van der Waals surface area contributed by atoms with Gasteiger partial charge in [0.05, 0.1) is 13.2 Å². The summed E-state index contributed by atoms with van der Waals surface area (Å²) in [6.07, 6.45) is 6.63. The minimum absolute atomic E-state index is 0.0258. The summed E-state index contributed by atoms with van der Waals surface area (Å²) in [7, 11) is 0. The molecule has 1 aliphatic rings. The van der Waals surface area contributed by atoms with Crippen LogP contribution in [0.25, 0.3) is 0 Å². The van der Waals surface area contributed by atoms with Gasteiger partial charge in [-0.25, -0.2) is 0 Å². The molecule has 3 rings (SSSR count). The van der Waals surface area contributed by atoms with E-state index in [9.17, 15) is 4.79 Å². The van der Waals surface area contributed by atoms with E-state index in [0.29, 0.717) is 32.0 Å². The highest BCUT2D eigenvalue weighted by molar-refractivity contribution is 5.93. The molecule has 6 nitrogen and oxygen atoms in total. The minimum Gasteiger partial charge on any atom is -0.385 e. The van der Waals surface area contributed by atoms with Crippen LogP contribution in [0.3, 0.4) is 0 Å². The molecular weight excluding hydrogens is 316 g/mol. The van der Waals surface area contributed by atoms with E-state index in [-0.39, 0.29) is 5.91 Å². The number of pyridine rings is 2. The number of nitrogens with zero attached hydrogens (tertiary/aromatic N) is 3. The SMILES string of the molecule is O=C(c1cc(NCCCCc2ccccn2)ccn1)N1CCOCC1. The molecule has 0 spiro atoms. The van der Waals surface area contributed by atoms with Crippen LogP contribution in [0.15, 0.2) is 42.7 Å².